The van der Waals surface area contributed by atoms with Gasteiger partial charge in [0.15, 0.2) is 0 Å². The molecule has 1 aliphatic heterocycles. The Morgan fingerprint density at radius 3 is 2.79 bits per heavy atom. The van der Waals surface area contributed by atoms with Gasteiger partial charge in [0.25, 0.3) is 10.0 Å². The van der Waals surface area contributed by atoms with Crippen LogP contribution >= 0.6 is 11.6 Å². The summed E-state index contributed by atoms with van der Waals surface area (Å²) in [5, 5.41) is -0.0358. The highest BCUT2D eigenvalue weighted by Gasteiger charge is 2.29. The van der Waals surface area contributed by atoms with E-state index in [1.165, 1.54) is 10.4 Å². The van der Waals surface area contributed by atoms with Gasteiger partial charge in [-0.15, -0.1) is 11.6 Å². The summed E-state index contributed by atoms with van der Waals surface area (Å²) in [6, 6.07) is 3.33. The van der Waals surface area contributed by atoms with E-state index in [4.69, 9.17) is 16.0 Å². The van der Waals surface area contributed by atoms with Crippen LogP contribution < -0.4 is 0 Å². The molecule has 1 aromatic rings. The molecule has 1 saturated heterocycles. The van der Waals surface area contributed by atoms with Gasteiger partial charge in [0.1, 0.15) is 5.76 Å². The molecule has 7 heteroatoms. The Bertz CT molecular complexity index is 529. The van der Waals surface area contributed by atoms with E-state index in [9.17, 15) is 8.42 Å². The summed E-state index contributed by atoms with van der Waals surface area (Å²) in [5.41, 5.74) is 0. The number of sulfonamides is 1. The number of nitrogens with zero attached hydrogens (tertiary/aromatic N) is 2. The summed E-state index contributed by atoms with van der Waals surface area (Å²) in [7, 11) is 0.0543. The minimum absolute atomic E-state index is 0.0358. The minimum Gasteiger partial charge on any atom is -0.447 e. The SMILES string of the molecule is CN1CCCC1CN(C)S(=O)(=O)c1ccc(CCl)o1. The van der Waals surface area contributed by atoms with Gasteiger partial charge in [-0.05, 0) is 38.6 Å². The zero-order valence-corrected chi connectivity index (χ0v) is 12.7. The van der Waals surface area contributed by atoms with Gasteiger partial charge in [-0.2, -0.15) is 4.31 Å². The van der Waals surface area contributed by atoms with Crippen LogP contribution in [0.15, 0.2) is 21.6 Å². The standard InChI is InChI=1S/C12H19ClN2O3S/c1-14-7-3-4-10(14)9-15(2)19(16,17)12-6-5-11(8-13)18-12/h5-6,10H,3-4,7-9H2,1-2H3. The van der Waals surface area contributed by atoms with Crippen LogP contribution in [0.1, 0.15) is 18.6 Å². The summed E-state index contributed by atoms with van der Waals surface area (Å²) in [6.45, 7) is 1.51. The van der Waals surface area contributed by atoms with E-state index >= 15 is 0 Å². The monoisotopic (exact) mass is 306 g/mol. The van der Waals surface area contributed by atoms with Crippen molar-refractivity contribution in [2.24, 2.45) is 0 Å². The summed E-state index contributed by atoms with van der Waals surface area (Å²) in [5.74, 6) is 0.636. The first-order valence-corrected chi connectivity index (χ1v) is 8.24. The summed E-state index contributed by atoms with van der Waals surface area (Å²) >= 11 is 5.62. The van der Waals surface area contributed by atoms with Crippen molar-refractivity contribution in [3.63, 3.8) is 0 Å². The molecular formula is C12H19ClN2O3S. The van der Waals surface area contributed by atoms with Gasteiger partial charge in [0, 0.05) is 19.6 Å². The fraction of sp³-hybridized carbons (Fsp3) is 0.667. The number of hydrogen-bond donors (Lipinski definition) is 0. The van der Waals surface area contributed by atoms with Crippen molar-refractivity contribution in [3.05, 3.63) is 17.9 Å². The first kappa shape index (κ1) is 14.8. The second-order valence-electron chi connectivity index (χ2n) is 4.92. The highest BCUT2D eigenvalue weighted by atomic mass is 35.5. The predicted octanol–water partition coefficient (Wildman–Crippen LogP) is 1.73. The van der Waals surface area contributed by atoms with Crippen molar-refractivity contribution in [3.8, 4) is 0 Å². The molecule has 19 heavy (non-hydrogen) atoms. The molecule has 108 valence electrons. The lowest BCUT2D eigenvalue weighted by molar-refractivity contribution is 0.268. The van der Waals surface area contributed by atoms with Gasteiger partial charge in [-0.3, -0.25) is 0 Å². The van der Waals surface area contributed by atoms with Gasteiger partial charge < -0.3 is 9.32 Å². The molecule has 1 aliphatic rings. The molecule has 0 bridgehead atoms. The maximum absolute atomic E-state index is 12.3. The Morgan fingerprint density at radius 1 is 1.53 bits per heavy atom. The van der Waals surface area contributed by atoms with Crippen molar-refractivity contribution < 1.29 is 12.8 Å². The second kappa shape index (κ2) is 5.83. The number of alkyl halides is 1. The van der Waals surface area contributed by atoms with Gasteiger partial charge >= 0.3 is 0 Å². The third-order valence-electron chi connectivity index (χ3n) is 3.57. The molecule has 1 aromatic heterocycles. The number of likely N-dealkylation sites (tertiary alicyclic amines) is 1. The molecule has 0 radical (unpaired) electrons. The largest absolute Gasteiger partial charge is 0.447 e. The topological polar surface area (TPSA) is 53.8 Å². The van der Waals surface area contributed by atoms with Crippen molar-refractivity contribution in [2.75, 3.05) is 27.2 Å². The molecule has 2 rings (SSSR count). The van der Waals surface area contributed by atoms with E-state index in [2.05, 4.69) is 4.90 Å². The third-order valence-corrected chi connectivity index (χ3v) is 5.53. The number of likely N-dealkylation sites (N-methyl/N-ethyl adjacent to an activating group) is 2. The Hall–Kier alpha value is -0.560. The molecule has 0 spiro atoms. The highest BCUT2D eigenvalue weighted by molar-refractivity contribution is 7.89. The molecule has 1 atom stereocenters. The van der Waals surface area contributed by atoms with E-state index in [-0.39, 0.29) is 17.0 Å². The lowest BCUT2D eigenvalue weighted by atomic mass is 10.2. The number of rotatable bonds is 5. The Kier molecular flexibility index (Phi) is 4.55. The Morgan fingerprint density at radius 2 is 2.26 bits per heavy atom. The van der Waals surface area contributed by atoms with Crippen molar-refractivity contribution in [1.29, 1.82) is 0 Å². The number of halogens is 1. The fourth-order valence-electron chi connectivity index (χ4n) is 2.33. The van der Waals surface area contributed by atoms with Crippen LogP contribution in [0.4, 0.5) is 0 Å². The van der Waals surface area contributed by atoms with Crippen molar-refractivity contribution >= 4 is 21.6 Å². The highest BCUT2D eigenvalue weighted by Crippen LogP contribution is 2.22. The molecule has 0 aromatic carbocycles. The molecule has 0 amide bonds. The van der Waals surface area contributed by atoms with E-state index in [1.54, 1.807) is 13.1 Å². The Labute approximate surface area is 119 Å². The van der Waals surface area contributed by atoms with E-state index in [0.717, 1.165) is 19.4 Å². The van der Waals surface area contributed by atoms with Gasteiger partial charge in [-0.25, -0.2) is 8.42 Å². The smallest absolute Gasteiger partial charge is 0.276 e. The van der Waals surface area contributed by atoms with E-state index < -0.39 is 10.0 Å². The molecule has 0 saturated carbocycles. The van der Waals surface area contributed by atoms with Crippen molar-refractivity contribution in [1.82, 2.24) is 9.21 Å². The quantitative estimate of drug-likeness (QED) is 0.778. The minimum atomic E-state index is -3.56. The van der Waals surface area contributed by atoms with Gasteiger partial charge in [-0.1, -0.05) is 0 Å². The summed E-state index contributed by atoms with van der Waals surface area (Å²) in [6.07, 6.45) is 2.15. The molecule has 0 N–H and O–H groups in total. The average molecular weight is 307 g/mol. The van der Waals surface area contributed by atoms with Crippen LogP contribution in [-0.2, 0) is 15.9 Å². The molecule has 2 heterocycles. The van der Waals surface area contributed by atoms with Crippen LogP contribution in [0.5, 0.6) is 0 Å². The summed E-state index contributed by atoms with van der Waals surface area (Å²) < 4.78 is 31.2. The van der Waals surface area contributed by atoms with Crippen LogP contribution in [0, 0.1) is 0 Å². The van der Waals surface area contributed by atoms with Crippen LogP contribution in [-0.4, -0.2) is 50.8 Å². The third kappa shape index (κ3) is 3.13. The first-order valence-electron chi connectivity index (χ1n) is 6.26. The molecule has 1 unspecified atom stereocenters. The number of furan rings is 1. The van der Waals surface area contributed by atoms with Gasteiger partial charge in [0.2, 0.25) is 5.09 Å². The van der Waals surface area contributed by atoms with E-state index in [0.29, 0.717) is 12.3 Å². The van der Waals surface area contributed by atoms with Crippen molar-refractivity contribution in [2.45, 2.75) is 29.9 Å². The maximum Gasteiger partial charge on any atom is 0.276 e. The lowest BCUT2D eigenvalue weighted by Crippen LogP contribution is -2.39. The molecule has 0 aliphatic carbocycles. The molecule has 5 nitrogen and oxygen atoms in total. The summed E-state index contributed by atoms with van der Waals surface area (Å²) in [4.78, 5) is 2.19. The number of hydrogen-bond acceptors (Lipinski definition) is 4. The van der Waals surface area contributed by atoms with Gasteiger partial charge in [0.05, 0.1) is 5.88 Å². The first-order chi connectivity index (χ1) is 8.95. The fourth-order valence-corrected chi connectivity index (χ4v) is 3.60. The van der Waals surface area contributed by atoms with Crippen LogP contribution in [0.2, 0.25) is 0 Å². The van der Waals surface area contributed by atoms with Crippen LogP contribution in [0.25, 0.3) is 0 Å². The average Bonchev–Trinajstić information content (AvgIpc) is 2.99. The lowest BCUT2D eigenvalue weighted by Gasteiger charge is -2.24. The predicted molar refractivity (Wildman–Crippen MR) is 73.7 cm³/mol. The maximum atomic E-state index is 12.3. The zero-order chi connectivity index (χ0) is 14.0. The molecule has 1 fully saturated rings. The second-order valence-corrected chi connectivity index (χ2v) is 7.16. The molecular weight excluding hydrogens is 288 g/mol. The Balaban J connectivity index is 2.10. The normalized spacial score (nSPS) is 21.4. The van der Waals surface area contributed by atoms with Crippen LogP contribution in [0.3, 0.4) is 0 Å². The van der Waals surface area contributed by atoms with E-state index in [1.807, 2.05) is 7.05 Å². The zero-order valence-electron chi connectivity index (χ0n) is 11.2.